The predicted octanol–water partition coefficient (Wildman–Crippen LogP) is 14.4. The standard InChI is InChI=1S/C50H33NO/c1-2-11-34(12-3-1)36-23-28-41(29-24-36)51(42-30-25-37(26-31-42)40-22-21-35-13-4-5-14-39(35)33-40)47-19-8-6-16-43(47)45-18-10-15-38-27-32-46-44-17-7-9-20-48(44)52-50(46)49(38)45/h1-33H/i25D,26D,30D,31D. The number of hydrogen-bond donors (Lipinski definition) is 0. The van der Waals surface area contributed by atoms with Crippen molar-refractivity contribution in [2.45, 2.75) is 0 Å². The van der Waals surface area contributed by atoms with Gasteiger partial charge in [-0.2, -0.15) is 0 Å². The van der Waals surface area contributed by atoms with Crippen molar-refractivity contribution < 1.29 is 9.90 Å². The van der Waals surface area contributed by atoms with Crippen LogP contribution in [0.5, 0.6) is 0 Å². The van der Waals surface area contributed by atoms with Crippen LogP contribution < -0.4 is 4.90 Å². The monoisotopic (exact) mass is 667 g/mol. The van der Waals surface area contributed by atoms with Crippen molar-refractivity contribution >= 4 is 60.5 Å². The summed E-state index contributed by atoms with van der Waals surface area (Å²) in [4.78, 5) is 1.88. The number of hydrogen-bond acceptors (Lipinski definition) is 2. The van der Waals surface area contributed by atoms with E-state index < -0.39 is 0 Å². The van der Waals surface area contributed by atoms with Gasteiger partial charge < -0.3 is 9.32 Å². The van der Waals surface area contributed by atoms with E-state index in [9.17, 15) is 5.48 Å². The van der Waals surface area contributed by atoms with Crippen LogP contribution in [0.2, 0.25) is 0 Å². The van der Waals surface area contributed by atoms with E-state index in [1.54, 1.807) is 0 Å². The van der Waals surface area contributed by atoms with E-state index >= 15 is 0 Å². The van der Waals surface area contributed by atoms with Crippen molar-refractivity contribution in [3.63, 3.8) is 0 Å². The maximum atomic E-state index is 9.62. The Labute approximate surface area is 308 Å². The van der Waals surface area contributed by atoms with Crippen molar-refractivity contribution in [1.82, 2.24) is 0 Å². The van der Waals surface area contributed by atoms with Crippen molar-refractivity contribution in [2.75, 3.05) is 4.90 Å². The number of anilines is 3. The second-order valence-corrected chi connectivity index (χ2v) is 13.0. The van der Waals surface area contributed by atoms with Crippen LogP contribution in [0, 0.1) is 0 Å². The molecular formula is C50H33NO. The van der Waals surface area contributed by atoms with Gasteiger partial charge in [-0.05, 0) is 92.5 Å². The summed E-state index contributed by atoms with van der Waals surface area (Å²) in [5, 5.41) is 6.05. The van der Waals surface area contributed by atoms with Gasteiger partial charge in [-0.3, -0.25) is 0 Å². The number of rotatable bonds is 6. The molecule has 2 heteroatoms. The summed E-state index contributed by atoms with van der Waals surface area (Å²) in [5.41, 5.74) is 7.95. The van der Waals surface area contributed by atoms with Crippen LogP contribution in [-0.4, -0.2) is 0 Å². The first-order chi connectivity index (χ1) is 27.5. The van der Waals surface area contributed by atoms with Crippen molar-refractivity contribution in [3.05, 3.63) is 200 Å². The quantitative estimate of drug-likeness (QED) is 0.175. The van der Waals surface area contributed by atoms with Crippen LogP contribution >= 0.6 is 0 Å². The third-order valence-electron chi connectivity index (χ3n) is 9.93. The van der Waals surface area contributed by atoms with Gasteiger partial charge in [0.15, 0.2) is 0 Å². The lowest BCUT2D eigenvalue weighted by Crippen LogP contribution is -2.11. The molecule has 244 valence electrons. The lowest BCUT2D eigenvalue weighted by atomic mass is 9.94. The van der Waals surface area contributed by atoms with E-state index in [2.05, 4.69) is 48.5 Å². The zero-order valence-corrected chi connectivity index (χ0v) is 28.1. The average molecular weight is 668 g/mol. The predicted molar refractivity (Wildman–Crippen MR) is 220 cm³/mol. The molecule has 0 saturated carbocycles. The Morgan fingerprint density at radius 3 is 1.92 bits per heavy atom. The molecule has 0 atom stereocenters. The zero-order valence-electron chi connectivity index (χ0n) is 32.1. The molecule has 10 rings (SSSR count). The lowest BCUT2D eigenvalue weighted by molar-refractivity contribution is 0.673. The molecule has 2 nitrogen and oxygen atoms in total. The van der Waals surface area contributed by atoms with Gasteiger partial charge in [0.2, 0.25) is 0 Å². The fraction of sp³-hybridized carbons (Fsp3) is 0. The molecule has 9 aromatic carbocycles. The molecule has 0 amide bonds. The Balaban J connectivity index is 1.23. The highest BCUT2D eigenvalue weighted by Crippen LogP contribution is 2.45. The Morgan fingerprint density at radius 2 is 1.06 bits per heavy atom. The molecule has 1 aromatic heterocycles. The average Bonchev–Trinajstić information content (AvgIpc) is 3.64. The summed E-state index contributed by atoms with van der Waals surface area (Å²) in [5.74, 6) is 0. The molecule has 0 bridgehead atoms. The Kier molecular flexibility index (Phi) is 6.22. The summed E-state index contributed by atoms with van der Waals surface area (Å²) in [7, 11) is 0. The molecule has 0 spiro atoms. The summed E-state index contributed by atoms with van der Waals surface area (Å²) in [6.07, 6.45) is 0. The minimum atomic E-state index is -0.131. The minimum Gasteiger partial charge on any atom is -0.455 e. The lowest BCUT2D eigenvalue weighted by Gasteiger charge is -2.28. The summed E-state index contributed by atoms with van der Waals surface area (Å²) in [6, 6.07) is 57.9. The number of furan rings is 1. The number of fused-ring (bicyclic) bond motifs is 6. The first-order valence-electron chi connectivity index (χ1n) is 19.4. The van der Waals surface area contributed by atoms with E-state index in [0.717, 1.165) is 65.7 Å². The molecule has 0 N–H and O–H groups in total. The van der Waals surface area contributed by atoms with Crippen molar-refractivity contribution in [1.29, 1.82) is 0 Å². The maximum Gasteiger partial charge on any atom is 0.143 e. The molecule has 52 heavy (non-hydrogen) atoms. The molecule has 0 aliphatic heterocycles. The smallest absolute Gasteiger partial charge is 0.143 e. The molecule has 0 fully saturated rings. The van der Waals surface area contributed by atoms with E-state index in [4.69, 9.17) is 4.42 Å². The molecule has 0 radical (unpaired) electrons. The van der Waals surface area contributed by atoms with Crippen LogP contribution in [0.25, 0.3) is 76.9 Å². The number of para-hydroxylation sites is 2. The van der Waals surface area contributed by atoms with Crippen LogP contribution in [0.15, 0.2) is 205 Å². The van der Waals surface area contributed by atoms with Crippen LogP contribution in [0.3, 0.4) is 0 Å². The second-order valence-electron chi connectivity index (χ2n) is 13.0. The van der Waals surface area contributed by atoms with Crippen LogP contribution in [-0.2, 0) is 0 Å². The van der Waals surface area contributed by atoms with E-state index in [1.807, 2.05) is 132 Å². The number of nitrogens with zero attached hydrogens (tertiary/aromatic N) is 1. The van der Waals surface area contributed by atoms with E-state index in [0.29, 0.717) is 16.9 Å². The topological polar surface area (TPSA) is 16.4 Å². The van der Waals surface area contributed by atoms with Gasteiger partial charge >= 0.3 is 0 Å². The molecule has 0 unspecified atom stereocenters. The molecular weight excluding hydrogens is 631 g/mol. The first-order valence-corrected chi connectivity index (χ1v) is 17.4. The van der Waals surface area contributed by atoms with E-state index in [-0.39, 0.29) is 35.4 Å². The van der Waals surface area contributed by atoms with Crippen molar-refractivity contribution in [3.8, 4) is 33.4 Å². The Morgan fingerprint density at radius 1 is 0.404 bits per heavy atom. The fourth-order valence-electron chi connectivity index (χ4n) is 7.40. The summed E-state index contributed by atoms with van der Waals surface area (Å²) >= 11 is 0. The molecule has 0 aliphatic rings. The SMILES string of the molecule is [2H]c1c([2H])c(N(c2ccc(-c3ccccc3)cc2)c2ccccc2-c2cccc3ccc4c5ccccc5oc4c23)c([2H])c([2H])c1-c1ccc2ccccc2c1. The maximum absolute atomic E-state index is 9.62. The van der Waals surface area contributed by atoms with Gasteiger partial charge in [-0.25, -0.2) is 0 Å². The Hall–Kier alpha value is -6.90. The third-order valence-corrected chi connectivity index (χ3v) is 9.93. The second kappa shape index (κ2) is 12.5. The molecule has 0 saturated heterocycles. The largest absolute Gasteiger partial charge is 0.455 e. The van der Waals surface area contributed by atoms with Crippen LogP contribution in [0.1, 0.15) is 5.48 Å². The van der Waals surface area contributed by atoms with E-state index in [1.165, 1.54) is 0 Å². The third kappa shape index (κ3) is 5.12. The Bertz CT molecular complexity index is 3110. The van der Waals surface area contributed by atoms with Gasteiger partial charge in [0.05, 0.1) is 11.2 Å². The van der Waals surface area contributed by atoms with Crippen molar-refractivity contribution in [2.24, 2.45) is 0 Å². The first kappa shape index (κ1) is 26.0. The highest BCUT2D eigenvalue weighted by atomic mass is 16.3. The molecule has 0 aliphatic carbocycles. The van der Waals surface area contributed by atoms with Gasteiger partial charge in [0.1, 0.15) is 11.2 Å². The fourth-order valence-corrected chi connectivity index (χ4v) is 7.40. The van der Waals surface area contributed by atoms with Gasteiger partial charge in [-0.15, -0.1) is 0 Å². The van der Waals surface area contributed by atoms with Gasteiger partial charge in [0, 0.05) is 33.1 Å². The van der Waals surface area contributed by atoms with Gasteiger partial charge in [-0.1, -0.05) is 152 Å². The normalized spacial score (nSPS) is 12.5. The van der Waals surface area contributed by atoms with Gasteiger partial charge in [0.25, 0.3) is 0 Å². The summed E-state index contributed by atoms with van der Waals surface area (Å²) in [6.45, 7) is 0. The highest BCUT2D eigenvalue weighted by Gasteiger charge is 2.21. The summed E-state index contributed by atoms with van der Waals surface area (Å²) < 4.78 is 44.7. The zero-order chi connectivity index (χ0) is 37.9. The van der Waals surface area contributed by atoms with Crippen LogP contribution in [0.4, 0.5) is 17.1 Å². The minimum absolute atomic E-state index is 0.103. The molecule has 1 heterocycles. The number of benzene rings is 9. The molecule has 10 aromatic rings. The highest BCUT2D eigenvalue weighted by molar-refractivity contribution is 6.19.